The van der Waals surface area contributed by atoms with Gasteiger partial charge < -0.3 is 5.73 Å². The summed E-state index contributed by atoms with van der Waals surface area (Å²) in [6, 6.07) is 4.82. The van der Waals surface area contributed by atoms with Crippen LogP contribution in [-0.4, -0.2) is 27.8 Å². The molecule has 110 valence electrons. The van der Waals surface area contributed by atoms with Gasteiger partial charge in [0.25, 0.3) is 0 Å². The second kappa shape index (κ2) is 4.98. The normalized spacial score (nSPS) is 17.1. The highest BCUT2D eigenvalue weighted by Gasteiger charge is 2.31. The first kappa shape index (κ1) is 15.2. The fourth-order valence-corrected chi connectivity index (χ4v) is 4.77. The predicted molar refractivity (Wildman–Crippen MR) is 78.4 cm³/mol. The van der Waals surface area contributed by atoms with E-state index in [2.05, 4.69) is 0 Å². The SMILES string of the molecule is CC(C)S(=O)(=O)CC1=CS(=O)(=O)c2cccc(CN)c21. The molecular formula is C13H17NO4S2. The Bertz CT molecular complexity index is 775. The molecule has 20 heavy (non-hydrogen) atoms. The number of sulfone groups is 2. The van der Waals surface area contributed by atoms with Crippen molar-refractivity contribution in [3.8, 4) is 0 Å². The van der Waals surface area contributed by atoms with Gasteiger partial charge in [-0.05, 0) is 31.1 Å². The molecule has 0 bridgehead atoms. The van der Waals surface area contributed by atoms with Crippen LogP contribution in [0.3, 0.4) is 0 Å². The molecule has 0 aromatic heterocycles. The Morgan fingerprint density at radius 1 is 1.25 bits per heavy atom. The van der Waals surface area contributed by atoms with Gasteiger partial charge >= 0.3 is 0 Å². The van der Waals surface area contributed by atoms with Crippen molar-refractivity contribution in [1.82, 2.24) is 0 Å². The van der Waals surface area contributed by atoms with Crippen molar-refractivity contribution in [3.63, 3.8) is 0 Å². The Labute approximate surface area is 119 Å². The van der Waals surface area contributed by atoms with Crippen molar-refractivity contribution in [2.24, 2.45) is 5.73 Å². The highest BCUT2D eigenvalue weighted by atomic mass is 32.2. The van der Waals surface area contributed by atoms with Crippen LogP contribution >= 0.6 is 0 Å². The highest BCUT2D eigenvalue weighted by Crippen LogP contribution is 2.36. The van der Waals surface area contributed by atoms with Gasteiger partial charge in [0.2, 0.25) is 9.84 Å². The third-order valence-corrected chi connectivity index (χ3v) is 7.03. The summed E-state index contributed by atoms with van der Waals surface area (Å²) in [4.78, 5) is 0.148. The first-order valence-corrected chi connectivity index (χ1v) is 9.45. The molecule has 0 amide bonds. The monoisotopic (exact) mass is 315 g/mol. The molecule has 5 nitrogen and oxygen atoms in total. The van der Waals surface area contributed by atoms with Gasteiger partial charge in [-0.1, -0.05) is 12.1 Å². The average molecular weight is 315 g/mol. The van der Waals surface area contributed by atoms with E-state index in [-0.39, 0.29) is 17.2 Å². The minimum absolute atomic E-state index is 0.148. The Hall–Kier alpha value is -1.18. The standard InChI is InChI=1S/C13H17NO4S2/c1-9(2)19(15,16)7-11-8-20(17,18)12-5-3-4-10(6-14)13(11)12/h3-5,8-9H,6-7,14H2,1-2H3. The summed E-state index contributed by atoms with van der Waals surface area (Å²) in [7, 11) is -6.94. The number of nitrogens with two attached hydrogens (primary N) is 1. The lowest BCUT2D eigenvalue weighted by molar-refractivity contribution is 0.590. The summed E-state index contributed by atoms with van der Waals surface area (Å²) in [5, 5.41) is 0.497. The van der Waals surface area contributed by atoms with Crippen LogP contribution in [0.4, 0.5) is 0 Å². The topological polar surface area (TPSA) is 94.3 Å². The molecule has 1 aliphatic heterocycles. The minimum Gasteiger partial charge on any atom is -0.326 e. The van der Waals surface area contributed by atoms with Crippen LogP contribution in [0.25, 0.3) is 5.57 Å². The first-order valence-electron chi connectivity index (χ1n) is 6.18. The Morgan fingerprint density at radius 3 is 2.45 bits per heavy atom. The molecular weight excluding hydrogens is 298 g/mol. The van der Waals surface area contributed by atoms with Crippen LogP contribution in [0.5, 0.6) is 0 Å². The fourth-order valence-electron chi connectivity index (χ4n) is 2.15. The van der Waals surface area contributed by atoms with E-state index in [0.29, 0.717) is 16.7 Å². The largest absolute Gasteiger partial charge is 0.326 e. The zero-order valence-electron chi connectivity index (χ0n) is 11.3. The average Bonchev–Trinajstić information content (AvgIpc) is 2.60. The molecule has 7 heteroatoms. The summed E-state index contributed by atoms with van der Waals surface area (Å²) in [5.41, 5.74) is 7.04. The van der Waals surface area contributed by atoms with Gasteiger partial charge in [0.05, 0.1) is 15.9 Å². The zero-order chi connectivity index (χ0) is 15.1. The Kier molecular flexibility index (Phi) is 3.79. The summed E-state index contributed by atoms with van der Waals surface area (Å²) in [5.74, 6) is -0.284. The van der Waals surface area contributed by atoms with Gasteiger partial charge in [0.1, 0.15) is 0 Å². The molecule has 2 N–H and O–H groups in total. The number of rotatable bonds is 4. The zero-order valence-corrected chi connectivity index (χ0v) is 13.0. The van der Waals surface area contributed by atoms with Crippen LogP contribution in [0.15, 0.2) is 28.5 Å². The van der Waals surface area contributed by atoms with Gasteiger partial charge in [-0.3, -0.25) is 0 Å². The lowest BCUT2D eigenvalue weighted by atomic mass is 10.0. The van der Waals surface area contributed by atoms with Crippen LogP contribution in [-0.2, 0) is 26.2 Å². The second-order valence-corrected chi connectivity index (χ2v) is 9.36. The molecule has 1 aromatic carbocycles. The predicted octanol–water partition coefficient (Wildman–Crippen LogP) is 1.10. The van der Waals surface area contributed by atoms with Crippen molar-refractivity contribution >= 4 is 25.2 Å². The molecule has 0 spiro atoms. The number of hydrogen-bond donors (Lipinski definition) is 1. The molecule has 0 atom stereocenters. The van der Waals surface area contributed by atoms with Gasteiger partial charge in [0, 0.05) is 17.5 Å². The van der Waals surface area contributed by atoms with E-state index in [1.807, 2.05) is 0 Å². The molecule has 1 heterocycles. The van der Waals surface area contributed by atoms with E-state index in [1.54, 1.807) is 26.0 Å². The smallest absolute Gasteiger partial charge is 0.200 e. The Morgan fingerprint density at radius 2 is 1.90 bits per heavy atom. The van der Waals surface area contributed by atoms with Crippen molar-refractivity contribution in [3.05, 3.63) is 34.7 Å². The number of benzene rings is 1. The van der Waals surface area contributed by atoms with Crippen LogP contribution in [0, 0.1) is 0 Å². The lowest BCUT2D eigenvalue weighted by Gasteiger charge is -2.12. The second-order valence-electron chi connectivity index (χ2n) is 5.04. The minimum atomic E-state index is -3.57. The summed E-state index contributed by atoms with van der Waals surface area (Å²) in [6.45, 7) is 3.32. The third kappa shape index (κ3) is 2.53. The fraction of sp³-hybridized carbons (Fsp3) is 0.385. The lowest BCUT2D eigenvalue weighted by Crippen LogP contribution is -2.18. The molecule has 0 aliphatic carbocycles. The van der Waals surface area contributed by atoms with E-state index in [0.717, 1.165) is 5.41 Å². The van der Waals surface area contributed by atoms with Gasteiger partial charge in [-0.2, -0.15) is 0 Å². The van der Waals surface area contributed by atoms with Crippen LogP contribution in [0.2, 0.25) is 0 Å². The van der Waals surface area contributed by atoms with Gasteiger partial charge in [-0.25, -0.2) is 16.8 Å². The maximum Gasteiger partial charge on any atom is 0.200 e. The van der Waals surface area contributed by atoms with E-state index in [1.165, 1.54) is 6.07 Å². The van der Waals surface area contributed by atoms with E-state index in [9.17, 15) is 16.8 Å². The van der Waals surface area contributed by atoms with Crippen molar-refractivity contribution in [2.45, 2.75) is 30.5 Å². The van der Waals surface area contributed by atoms with Crippen molar-refractivity contribution in [1.29, 1.82) is 0 Å². The van der Waals surface area contributed by atoms with E-state index < -0.39 is 24.9 Å². The maximum absolute atomic E-state index is 12.1. The quantitative estimate of drug-likeness (QED) is 0.897. The molecule has 0 fully saturated rings. The van der Waals surface area contributed by atoms with Crippen molar-refractivity contribution < 1.29 is 16.8 Å². The molecule has 0 saturated carbocycles. The first-order chi connectivity index (χ1) is 9.19. The highest BCUT2D eigenvalue weighted by molar-refractivity contribution is 7.95. The van der Waals surface area contributed by atoms with Gasteiger partial charge in [0.15, 0.2) is 9.84 Å². The summed E-state index contributed by atoms with van der Waals surface area (Å²) in [6.07, 6.45) is 0. The number of fused-ring (bicyclic) bond motifs is 1. The van der Waals surface area contributed by atoms with Crippen molar-refractivity contribution in [2.75, 3.05) is 5.75 Å². The van der Waals surface area contributed by atoms with Gasteiger partial charge in [-0.15, -0.1) is 0 Å². The molecule has 2 rings (SSSR count). The Balaban J connectivity index is 2.61. The molecule has 1 aromatic rings. The molecule has 0 unspecified atom stereocenters. The molecule has 0 saturated heterocycles. The third-order valence-electron chi connectivity index (χ3n) is 3.33. The summed E-state index contributed by atoms with van der Waals surface area (Å²) < 4.78 is 48.2. The maximum atomic E-state index is 12.1. The van der Waals surface area contributed by atoms with E-state index in [4.69, 9.17) is 5.73 Å². The summed E-state index contributed by atoms with van der Waals surface area (Å²) >= 11 is 0. The molecule has 0 radical (unpaired) electrons. The van der Waals surface area contributed by atoms with Crippen LogP contribution < -0.4 is 5.73 Å². The van der Waals surface area contributed by atoms with Crippen LogP contribution in [0.1, 0.15) is 25.0 Å². The van der Waals surface area contributed by atoms with E-state index >= 15 is 0 Å². The molecule has 1 aliphatic rings. The number of hydrogen-bond acceptors (Lipinski definition) is 5.